The molecule has 0 heterocycles. The number of hydrogen-bond acceptors (Lipinski definition) is 2. The highest BCUT2D eigenvalue weighted by molar-refractivity contribution is 9.11. The van der Waals surface area contributed by atoms with E-state index in [2.05, 4.69) is 63.0 Å². The molecule has 0 spiro atoms. The van der Waals surface area contributed by atoms with Gasteiger partial charge in [-0.15, -0.1) is 0 Å². The number of rotatable bonds is 5. The molecule has 0 fully saturated rings. The lowest BCUT2D eigenvalue weighted by Crippen LogP contribution is -1.98. The molecule has 0 aliphatic carbocycles. The van der Waals surface area contributed by atoms with Crippen molar-refractivity contribution in [2.24, 2.45) is 0 Å². The summed E-state index contributed by atoms with van der Waals surface area (Å²) in [5.74, 6) is 0.752. The second-order valence-electron chi connectivity index (χ2n) is 4.51. The third-order valence-electron chi connectivity index (χ3n) is 3.06. The van der Waals surface area contributed by atoms with Crippen LogP contribution in [0.15, 0.2) is 45.3 Å². The smallest absolute Gasteiger partial charge is 0.148 e. The van der Waals surface area contributed by atoms with Crippen molar-refractivity contribution < 1.29 is 9.84 Å². The summed E-state index contributed by atoms with van der Waals surface area (Å²) in [4.78, 5) is 0. The van der Waals surface area contributed by atoms with Crippen molar-refractivity contribution in [3.63, 3.8) is 0 Å². The van der Waals surface area contributed by atoms with Gasteiger partial charge in [-0.1, -0.05) is 31.2 Å². The second-order valence-corrected chi connectivity index (χ2v) is 6.21. The van der Waals surface area contributed by atoms with Gasteiger partial charge in [-0.05, 0) is 67.1 Å². The molecule has 0 amide bonds. The van der Waals surface area contributed by atoms with E-state index >= 15 is 0 Å². The molecule has 20 heavy (non-hydrogen) atoms. The maximum absolute atomic E-state index is 9.15. The van der Waals surface area contributed by atoms with E-state index in [0.29, 0.717) is 6.61 Å². The number of halogens is 2. The fourth-order valence-corrected chi connectivity index (χ4v) is 3.38. The lowest BCUT2D eigenvalue weighted by atomic mass is 10.1. The van der Waals surface area contributed by atoms with Gasteiger partial charge < -0.3 is 9.84 Å². The van der Waals surface area contributed by atoms with E-state index in [1.165, 1.54) is 5.56 Å². The van der Waals surface area contributed by atoms with Crippen LogP contribution in [0, 0.1) is 0 Å². The molecule has 0 radical (unpaired) electrons. The molecule has 2 nitrogen and oxygen atoms in total. The van der Waals surface area contributed by atoms with E-state index in [4.69, 9.17) is 9.84 Å². The minimum atomic E-state index is 0.00988. The number of ether oxygens (including phenoxy) is 1. The Labute approximate surface area is 136 Å². The van der Waals surface area contributed by atoms with E-state index in [0.717, 1.165) is 32.2 Å². The number of aryl methyl sites for hydroxylation is 1. The molecule has 2 aromatic rings. The van der Waals surface area contributed by atoms with Crippen molar-refractivity contribution in [1.82, 2.24) is 0 Å². The predicted molar refractivity (Wildman–Crippen MR) is 87.9 cm³/mol. The zero-order valence-corrected chi connectivity index (χ0v) is 14.4. The fraction of sp³-hybridized carbons (Fsp3) is 0.250. The number of aliphatic hydroxyl groups is 1. The predicted octanol–water partition coefficient (Wildman–Crippen LogP) is 4.85. The van der Waals surface area contributed by atoms with Crippen LogP contribution in [0.5, 0.6) is 5.75 Å². The number of hydrogen-bond donors (Lipinski definition) is 1. The van der Waals surface area contributed by atoms with Gasteiger partial charge in [0.15, 0.2) is 0 Å². The first kappa shape index (κ1) is 15.5. The van der Waals surface area contributed by atoms with Crippen molar-refractivity contribution in [1.29, 1.82) is 0 Å². The zero-order valence-electron chi connectivity index (χ0n) is 11.2. The van der Waals surface area contributed by atoms with Gasteiger partial charge in [-0.25, -0.2) is 0 Å². The van der Waals surface area contributed by atoms with Gasteiger partial charge in [0, 0.05) is 0 Å². The van der Waals surface area contributed by atoms with Gasteiger partial charge in [-0.3, -0.25) is 0 Å². The summed E-state index contributed by atoms with van der Waals surface area (Å²) >= 11 is 6.94. The van der Waals surface area contributed by atoms with E-state index in [1.807, 2.05) is 12.1 Å². The van der Waals surface area contributed by atoms with Crippen molar-refractivity contribution in [3.05, 3.63) is 62.0 Å². The Balaban J connectivity index is 2.10. The molecule has 0 aliphatic rings. The van der Waals surface area contributed by atoms with Gasteiger partial charge in [-0.2, -0.15) is 0 Å². The third-order valence-corrected chi connectivity index (χ3v) is 4.23. The van der Waals surface area contributed by atoms with Crippen molar-refractivity contribution in [2.75, 3.05) is 0 Å². The minimum absolute atomic E-state index is 0.00988. The van der Waals surface area contributed by atoms with Crippen LogP contribution in [0.1, 0.15) is 23.6 Å². The minimum Gasteiger partial charge on any atom is -0.487 e. The molecular weight excluding hydrogens is 384 g/mol. The lowest BCUT2D eigenvalue weighted by Gasteiger charge is -2.12. The van der Waals surface area contributed by atoms with Crippen LogP contribution >= 0.6 is 31.9 Å². The topological polar surface area (TPSA) is 29.5 Å². The van der Waals surface area contributed by atoms with Crippen molar-refractivity contribution >= 4 is 31.9 Å². The molecule has 0 atom stereocenters. The van der Waals surface area contributed by atoms with Gasteiger partial charge in [0.25, 0.3) is 0 Å². The Kier molecular flexibility index (Phi) is 5.64. The monoisotopic (exact) mass is 398 g/mol. The number of aliphatic hydroxyl groups excluding tert-OH is 1. The van der Waals surface area contributed by atoms with E-state index < -0.39 is 0 Å². The largest absolute Gasteiger partial charge is 0.487 e. The standard InChI is InChI=1S/C16H16Br2O2/c1-2-11-3-5-12(6-4-11)10-20-16-14(17)7-13(9-19)8-15(16)18/h3-8,19H,2,9-10H2,1H3. The second kappa shape index (κ2) is 7.25. The van der Waals surface area contributed by atoms with Crippen LogP contribution in [-0.2, 0) is 19.6 Å². The SMILES string of the molecule is CCc1ccc(COc2c(Br)cc(CO)cc2Br)cc1. The molecule has 0 saturated carbocycles. The maximum atomic E-state index is 9.15. The first-order valence-electron chi connectivity index (χ1n) is 6.43. The highest BCUT2D eigenvalue weighted by Crippen LogP contribution is 2.35. The molecule has 4 heteroatoms. The summed E-state index contributed by atoms with van der Waals surface area (Å²) in [6, 6.07) is 12.1. The van der Waals surface area contributed by atoms with Gasteiger partial charge in [0.05, 0.1) is 15.6 Å². The molecule has 0 aliphatic heterocycles. The molecule has 0 aromatic heterocycles. The Morgan fingerprint density at radius 2 is 1.50 bits per heavy atom. The Morgan fingerprint density at radius 1 is 0.950 bits per heavy atom. The van der Waals surface area contributed by atoms with Gasteiger partial charge >= 0.3 is 0 Å². The van der Waals surface area contributed by atoms with Crippen molar-refractivity contribution in [3.8, 4) is 5.75 Å². The molecule has 1 N–H and O–H groups in total. The maximum Gasteiger partial charge on any atom is 0.148 e. The van der Waals surface area contributed by atoms with E-state index in [1.54, 1.807) is 0 Å². The van der Waals surface area contributed by atoms with Crippen LogP contribution in [0.3, 0.4) is 0 Å². The van der Waals surface area contributed by atoms with Gasteiger partial charge in [0.1, 0.15) is 12.4 Å². The molecule has 0 bridgehead atoms. The summed E-state index contributed by atoms with van der Waals surface area (Å²) < 4.78 is 7.52. The highest BCUT2D eigenvalue weighted by Gasteiger charge is 2.09. The summed E-state index contributed by atoms with van der Waals surface area (Å²) in [7, 11) is 0. The van der Waals surface area contributed by atoms with Crippen molar-refractivity contribution in [2.45, 2.75) is 26.6 Å². The summed E-state index contributed by atoms with van der Waals surface area (Å²) in [5, 5.41) is 9.15. The molecule has 2 aromatic carbocycles. The number of benzene rings is 2. The molecule has 0 unspecified atom stereocenters. The molecule has 0 saturated heterocycles. The zero-order chi connectivity index (χ0) is 14.5. The Morgan fingerprint density at radius 3 is 2.00 bits per heavy atom. The quantitative estimate of drug-likeness (QED) is 0.778. The molecule has 106 valence electrons. The van der Waals surface area contributed by atoms with Crippen LogP contribution < -0.4 is 4.74 Å². The van der Waals surface area contributed by atoms with Crippen LogP contribution in [0.2, 0.25) is 0 Å². The normalized spacial score (nSPS) is 10.6. The highest BCUT2D eigenvalue weighted by atomic mass is 79.9. The third kappa shape index (κ3) is 3.84. The van der Waals surface area contributed by atoms with Gasteiger partial charge in [0.2, 0.25) is 0 Å². The van der Waals surface area contributed by atoms with Crippen LogP contribution in [-0.4, -0.2) is 5.11 Å². The first-order valence-corrected chi connectivity index (χ1v) is 8.02. The lowest BCUT2D eigenvalue weighted by molar-refractivity contribution is 0.280. The fourth-order valence-electron chi connectivity index (χ4n) is 1.87. The summed E-state index contributed by atoms with van der Waals surface area (Å²) in [6.07, 6.45) is 1.04. The average Bonchev–Trinajstić information content (AvgIpc) is 2.46. The van der Waals surface area contributed by atoms with Crippen LogP contribution in [0.4, 0.5) is 0 Å². The molecular formula is C16H16Br2O2. The van der Waals surface area contributed by atoms with E-state index in [-0.39, 0.29) is 6.61 Å². The Bertz CT molecular complexity index is 557. The first-order chi connectivity index (χ1) is 9.63. The Hall–Kier alpha value is -0.840. The van der Waals surface area contributed by atoms with E-state index in [9.17, 15) is 0 Å². The average molecular weight is 400 g/mol. The summed E-state index contributed by atoms with van der Waals surface area (Å²) in [6.45, 7) is 2.66. The summed E-state index contributed by atoms with van der Waals surface area (Å²) in [5.41, 5.74) is 3.29. The molecule has 2 rings (SSSR count). The van der Waals surface area contributed by atoms with Crippen LogP contribution in [0.25, 0.3) is 0 Å².